The number of fused-ring (bicyclic) bond motifs is 3. The Kier molecular flexibility index (Phi) is 8.76. The maximum absolute atomic E-state index is 14.1. The number of phenols is 1. The van der Waals surface area contributed by atoms with E-state index in [4.69, 9.17) is 37.9 Å². The van der Waals surface area contributed by atoms with Gasteiger partial charge in [0, 0.05) is 45.5 Å². The first-order chi connectivity index (χ1) is 22.2. The standard InChI is InChI=1S/C32H34O15/c1-12-19-14(10-16(20(12)29(38)44-7)47-30-25(43-6)24(42-5)23(41-4)13(2)46-30)9-15-21(22(19)34)28(37)32(45-8)18(33)11-17(40-3)27(36)31(32,39)26(15)35/h9-11,13,23-25,30,34,39H,1-8H3/t13-,23-,24+,25-,30-,31+,32+/m0/s1. The van der Waals surface area contributed by atoms with Crippen molar-refractivity contribution in [3.63, 3.8) is 0 Å². The van der Waals surface area contributed by atoms with Crippen LogP contribution in [0.1, 0.15) is 43.6 Å². The molecular formula is C32H34O15. The maximum Gasteiger partial charge on any atom is 0.341 e. The van der Waals surface area contributed by atoms with Gasteiger partial charge in [-0.3, -0.25) is 19.2 Å². The van der Waals surface area contributed by atoms with Gasteiger partial charge in [-0.15, -0.1) is 0 Å². The van der Waals surface area contributed by atoms with Crippen molar-refractivity contribution >= 4 is 39.9 Å². The van der Waals surface area contributed by atoms with Crippen LogP contribution in [0.5, 0.6) is 11.5 Å². The number of hydrogen-bond acceptors (Lipinski definition) is 15. The normalized spacial score (nSPS) is 30.5. The quantitative estimate of drug-likeness (QED) is 0.300. The lowest BCUT2D eigenvalue weighted by molar-refractivity contribution is -0.282. The number of methoxy groups -OCH3 is 6. The van der Waals surface area contributed by atoms with Crippen molar-refractivity contribution in [1.29, 1.82) is 0 Å². The van der Waals surface area contributed by atoms with Crippen LogP contribution in [0.3, 0.4) is 0 Å². The van der Waals surface area contributed by atoms with E-state index in [-0.39, 0.29) is 27.6 Å². The van der Waals surface area contributed by atoms with Gasteiger partial charge < -0.3 is 48.1 Å². The van der Waals surface area contributed by atoms with Crippen LogP contribution in [-0.2, 0) is 42.7 Å². The minimum absolute atomic E-state index is 0.0454. The Labute approximate surface area is 268 Å². The lowest BCUT2D eigenvalue weighted by atomic mass is 9.60. The van der Waals surface area contributed by atoms with Crippen LogP contribution in [0.4, 0.5) is 0 Å². The van der Waals surface area contributed by atoms with E-state index in [2.05, 4.69) is 0 Å². The lowest BCUT2D eigenvalue weighted by Gasteiger charge is -2.46. The van der Waals surface area contributed by atoms with Crippen LogP contribution in [0.25, 0.3) is 10.8 Å². The number of aliphatic hydroxyl groups is 1. The third-order valence-corrected chi connectivity index (χ3v) is 9.11. The van der Waals surface area contributed by atoms with E-state index in [0.717, 1.165) is 27.4 Å². The summed E-state index contributed by atoms with van der Waals surface area (Å²) in [4.78, 5) is 68.0. The molecule has 3 aliphatic rings. The number of benzene rings is 2. The first-order valence-corrected chi connectivity index (χ1v) is 14.3. The number of ether oxygens (including phenoxy) is 8. The van der Waals surface area contributed by atoms with Gasteiger partial charge in [-0.05, 0) is 36.9 Å². The summed E-state index contributed by atoms with van der Waals surface area (Å²) in [5, 5.41) is 23.2. The lowest BCUT2D eigenvalue weighted by Crippen LogP contribution is -2.76. The van der Waals surface area contributed by atoms with E-state index < -0.39 is 93.6 Å². The highest BCUT2D eigenvalue weighted by molar-refractivity contribution is 6.43. The Morgan fingerprint density at radius 1 is 0.894 bits per heavy atom. The molecule has 0 bridgehead atoms. The number of carbonyl (C=O) groups is 5. The highest BCUT2D eigenvalue weighted by atomic mass is 16.7. The first-order valence-electron chi connectivity index (χ1n) is 14.3. The van der Waals surface area contributed by atoms with Crippen LogP contribution in [0.2, 0.25) is 0 Å². The minimum atomic E-state index is -3.37. The van der Waals surface area contributed by atoms with Crippen LogP contribution in [0, 0.1) is 6.92 Å². The average molecular weight is 659 g/mol. The molecule has 1 heterocycles. The summed E-state index contributed by atoms with van der Waals surface area (Å²) in [5.41, 5.74) is -7.84. The van der Waals surface area contributed by atoms with Crippen molar-refractivity contribution in [2.75, 3.05) is 42.7 Å². The van der Waals surface area contributed by atoms with Crippen LogP contribution >= 0.6 is 0 Å². The molecule has 2 aromatic carbocycles. The van der Waals surface area contributed by atoms with Gasteiger partial charge in [-0.1, -0.05) is 0 Å². The zero-order valence-corrected chi connectivity index (χ0v) is 26.8. The smallest absolute Gasteiger partial charge is 0.341 e. The van der Waals surface area contributed by atoms with Crippen molar-refractivity contribution in [2.45, 2.75) is 55.8 Å². The summed E-state index contributed by atoms with van der Waals surface area (Å²) >= 11 is 0. The van der Waals surface area contributed by atoms with Gasteiger partial charge >= 0.3 is 5.97 Å². The summed E-state index contributed by atoms with van der Waals surface area (Å²) in [6, 6.07) is 2.41. The Bertz CT molecular complexity index is 1740. The molecule has 2 N–H and O–H groups in total. The monoisotopic (exact) mass is 658 g/mol. The van der Waals surface area contributed by atoms with E-state index in [1.54, 1.807) is 6.92 Å². The summed E-state index contributed by atoms with van der Waals surface area (Å²) in [6.45, 7) is 3.17. The zero-order valence-electron chi connectivity index (χ0n) is 26.8. The number of aromatic hydroxyl groups is 1. The van der Waals surface area contributed by atoms with Crippen LogP contribution < -0.4 is 4.74 Å². The fraction of sp³-hybridized carbons (Fsp3) is 0.469. The van der Waals surface area contributed by atoms with Gasteiger partial charge in [0.05, 0.1) is 25.9 Å². The van der Waals surface area contributed by atoms with E-state index in [0.29, 0.717) is 6.08 Å². The number of aryl methyl sites for hydroxylation is 1. The second-order valence-electron chi connectivity index (χ2n) is 11.2. The molecule has 2 aromatic rings. The van der Waals surface area contributed by atoms with Gasteiger partial charge in [0.15, 0.2) is 5.76 Å². The molecule has 1 saturated heterocycles. The molecule has 47 heavy (non-hydrogen) atoms. The van der Waals surface area contributed by atoms with Crippen molar-refractivity contribution in [3.05, 3.63) is 46.2 Å². The van der Waals surface area contributed by atoms with Crippen molar-refractivity contribution < 1.29 is 72.1 Å². The molecular weight excluding hydrogens is 624 g/mol. The highest BCUT2D eigenvalue weighted by Crippen LogP contribution is 2.49. The molecule has 1 fully saturated rings. The third-order valence-electron chi connectivity index (χ3n) is 9.11. The molecule has 0 aromatic heterocycles. The number of ketones is 4. The van der Waals surface area contributed by atoms with Crippen molar-refractivity contribution in [2.24, 2.45) is 0 Å². The topological polar surface area (TPSA) is 200 Å². The molecule has 1 aliphatic heterocycles. The number of hydrogen-bond donors (Lipinski definition) is 2. The summed E-state index contributed by atoms with van der Waals surface area (Å²) in [5.74, 6) is -7.89. The zero-order chi connectivity index (χ0) is 34.7. The predicted molar refractivity (Wildman–Crippen MR) is 158 cm³/mol. The number of carbonyl (C=O) groups excluding carboxylic acids is 5. The first kappa shape index (κ1) is 34.1. The summed E-state index contributed by atoms with van der Waals surface area (Å²) in [7, 11) is 7.39. The SMILES string of the molecule is COC(=O)c1c(O[C@@H]2O[C@@H](C)[C@H](OC)[C@@H](OC)[C@@H]2OC)cc2cc3c(c(O)c2c1C)C(=O)[C@]1(OC)C(=O)C=C(OC)C(=O)[C@]1(O)C3=O. The van der Waals surface area contributed by atoms with E-state index in [9.17, 15) is 34.2 Å². The highest BCUT2D eigenvalue weighted by Gasteiger charge is 2.75. The largest absolute Gasteiger partial charge is 0.507 e. The van der Waals surface area contributed by atoms with E-state index in [1.807, 2.05) is 0 Å². The van der Waals surface area contributed by atoms with E-state index in [1.165, 1.54) is 34.3 Å². The van der Waals surface area contributed by atoms with Gasteiger partial charge in [0.2, 0.25) is 40.6 Å². The fourth-order valence-corrected chi connectivity index (χ4v) is 6.82. The van der Waals surface area contributed by atoms with E-state index >= 15 is 0 Å². The van der Waals surface area contributed by atoms with Gasteiger partial charge in [0.1, 0.15) is 35.4 Å². The minimum Gasteiger partial charge on any atom is -0.507 e. The Morgan fingerprint density at radius 2 is 1.53 bits per heavy atom. The summed E-state index contributed by atoms with van der Waals surface area (Å²) in [6.07, 6.45) is -3.16. The fourth-order valence-electron chi connectivity index (χ4n) is 6.82. The molecule has 2 aliphatic carbocycles. The Hall–Kier alpha value is -4.25. The molecule has 252 valence electrons. The van der Waals surface area contributed by atoms with Crippen molar-refractivity contribution in [1.82, 2.24) is 0 Å². The van der Waals surface area contributed by atoms with Gasteiger partial charge in [-0.25, -0.2) is 4.79 Å². The molecule has 15 heteroatoms. The number of rotatable bonds is 8. The number of Topliss-reactive ketones (excluding diaryl/α,β-unsaturated/α-hetero) is 3. The molecule has 15 nitrogen and oxygen atoms in total. The number of phenolic OH excluding ortho intramolecular Hbond substituents is 1. The van der Waals surface area contributed by atoms with Gasteiger partial charge in [-0.2, -0.15) is 0 Å². The van der Waals surface area contributed by atoms with Gasteiger partial charge in [0.25, 0.3) is 0 Å². The average Bonchev–Trinajstić information content (AvgIpc) is 3.04. The molecule has 0 unspecified atom stereocenters. The molecule has 0 amide bonds. The molecule has 0 saturated carbocycles. The second kappa shape index (κ2) is 12.1. The van der Waals surface area contributed by atoms with Crippen molar-refractivity contribution in [3.8, 4) is 11.5 Å². The maximum atomic E-state index is 14.1. The molecule has 7 atom stereocenters. The Balaban J connectivity index is 1.76. The number of esters is 1. The summed E-state index contributed by atoms with van der Waals surface area (Å²) < 4.78 is 44.2. The molecule has 5 rings (SSSR count). The Morgan fingerprint density at radius 3 is 2.09 bits per heavy atom. The predicted octanol–water partition coefficient (Wildman–Crippen LogP) is 0.986. The molecule has 0 spiro atoms. The van der Waals surface area contributed by atoms with Crippen LogP contribution in [-0.4, -0.2) is 124 Å². The third kappa shape index (κ3) is 4.45. The molecule has 0 radical (unpaired) electrons. The second-order valence-corrected chi connectivity index (χ2v) is 11.2. The van der Waals surface area contributed by atoms with Crippen LogP contribution in [0.15, 0.2) is 24.0 Å².